The molecule has 8 nitrogen and oxygen atoms in total. The molecule has 1 aromatic carbocycles. The predicted octanol–water partition coefficient (Wildman–Crippen LogP) is 3.53. The highest BCUT2D eigenvalue weighted by atomic mass is 16.6. The van der Waals surface area contributed by atoms with E-state index in [-0.39, 0.29) is 24.6 Å². The molecule has 8 heteroatoms. The number of ether oxygens (including phenoxy) is 2. The second kappa shape index (κ2) is 9.51. The zero-order valence-corrected chi connectivity index (χ0v) is 18.9. The van der Waals surface area contributed by atoms with E-state index in [4.69, 9.17) is 9.47 Å². The summed E-state index contributed by atoms with van der Waals surface area (Å²) in [7, 11) is 3.43. The normalized spacial score (nSPS) is 18.2. The van der Waals surface area contributed by atoms with Crippen LogP contribution in [0.1, 0.15) is 61.4 Å². The van der Waals surface area contributed by atoms with E-state index >= 15 is 0 Å². The first-order valence-corrected chi connectivity index (χ1v) is 10.5. The number of benzene rings is 1. The fraction of sp³-hybridized carbons (Fsp3) is 0.522. The molecular weight excluding hydrogens is 396 g/mol. The maximum Gasteiger partial charge on any atom is 0.407 e. The van der Waals surface area contributed by atoms with Gasteiger partial charge >= 0.3 is 6.09 Å². The molecule has 31 heavy (non-hydrogen) atoms. The number of hydrogen-bond acceptors (Lipinski definition) is 5. The van der Waals surface area contributed by atoms with Gasteiger partial charge in [-0.1, -0.05) is 30.3 Å². The van der Waals surface area contributed by atoms with Crippen molar-refractivity contribution in [1.82, 2.24) is 20.0 Å². The zero-order valence-electron chi connectivity index (χ0n) is 18.9. The molecule has 1 heterocycles. The van der Waals surface area contributed by atoms with E-state index < -0.39 is 11.7 Å². The molecule has 0 unspecified atom stereocenters. The molecule has 0 saturated heterocycles. The van der Waals surface area contributed by atoms with Crippen LogP contribution in [0.15, 0.2) is 36.4 Å². The van der Waals surface area contributed by atoms with Gasteiger partial charge in [0.1, 0.15) is 11.3 Å². The minimum absolute atomic E-state index is 0.0925. The molecule has 1 aliphatic rings. The van der Waals surface area contributed by atoms with Crippen molar-refractivity contribution in [2.24, 2.45) is 0 Å². The van der Waals surface area contributed by atoms with Crippen molar-refractivity contribution in [3.63, 3.8) is 0 Å². The molecular formula is C23H32N4O4. The van der Waals surface area contributed by atoms with Crippen molar-refractivity contribution in [1.29, 1.82) is 0 Å². The molecule has 1 N–H and O–H groups in total. The highest BCUT2D eigenvalue weighted by molar-refractivity contribution is 5.92. The Balaban J connectivity index is 1.61. The summed E-state index contributed by atoms with van der Waals surface area (Å²) in [4.78, 5) is 26.1. The Morgan fingerprint density at radius 2 is 1.87 bits per heavy atom. The Kier molecular flexibility index (Phi) is 7.00. The highest BCUT2D eigenvalue weighted by Gasteiger charge is 2.35. The zero-order chi connectivity index (χ0) is 22.6. The van der Waals surface area contributed by atoms with E-state index in [1.54, 1.807) is 24.8 Å². The Morgan fingerprint density at radius 3 is 2.48 bits per heavy atom. The van der Waals surface area contributed by atoms with Gasteiger partial charge in [-0.25, -0.2) is 4.79 Å². The van der Waals surface area contributed by atoms with Crippen LogP contribution in [0.2, 0.25) is 0 Å². The molecule has 3 rings (SSSR count). The molecule has 0 bridgehead atoms. The maximum absolute atomic E-state index is 12.7. The number of alkyl carbamates (subject to hydrolysis) is 1. The fourth-order valence-corrected chi connectivity index (χ4v) is 3.34. The summed E-state index contributed by atoms with van der Waals surface area (Å²) >= 11 is 0. The standard InChI is InChI=1S/C23H32N4O4/c1-23(2,3)31-22(29)24-14-17-11-20(21(28)26(4)5)27(25-17)18-12-19(13-18)30-15-16-9-7-6-8-10-16/h6-11,18-19H,12-15H2,1-5H3,(H,24,29). The van der Waals surface area contributed by atoms with E-state index in [1.165, 1.54) is 4.90 Å². The molecule has 0 radical (unpaired) electrons. The molecule has 2 aromatic rings. The SMILES string of the molecule is CN(C)C(=O)c1cc(CNC(=O)OC(C)(C)C)nn1C1CC(OCc2ccccc2)C1. The number of carbonyl (C=O) groups is 2. The van der Waals surface area contributed by atoms with Gasteiger partial charge < -0.3 is 19.7 Å². The van der Waals surface area contributed by atoms with Crippen LogP contribution in [-0.2, 0) is 22.6 Å². The molecule has 2 amide bonds. The lowest BCUT2D eigenvalue weighted by Gasteiger charge is -2.36. The van der Waals surface area contributed by atoms with Gasteiger partial charge in [0.25, 0.3) is 5.91 Å². The van der Waals surface area contributed by atoms with Gasteiger partial charge in [0.15, 0.2) is 0 Å². The number of carbonyl (C=O) groups excluding carboxylic acids is 2. The fourth-order valence-electron chi connectivity index (χ4n) is 3.34. The highest BCUT2D eigenvalue weighted by Crippen LogP contribution is 2.36. The third-order valence-corrected chi connectivity index (χ3v) is 4.97. The van der Waals surface area contributed by atoms with Crippen LogP contribution in [0.25, 0.3) is 0 Å². The van der Waals surface area contributed by atoms with Crippen LogP contribution in [0.3, 0.4) is 0 Å². The lowest BCUT2D eigenvalue weighted by molar-refractivity contribution is -0.0390. The van der Waals surface area contributed by atoms with E-state index in [0.717, 1.165) is 18.4 Å². The van der Waals surface area contributed by atoms with Crippen LogP contribution >= 0.6 is 0 Å². The molecule has 168 valence electrons. The first-order valence-electron chi connectivity index (χ1n) is 10.5. The minimum Gasteiger partial charge on any atom is -0.444 e. The number of rotatable bonds is 7. The summed E-state index contributed by atoms with van der Waals surface area (Å²) in [6, 6.07) is 11.9. The first-order chi connectivity index (χ1) is 14.6. The summed E-state index contributed by atoms with van der Waals surface area (Å²) in [6.45, 7) is 6.19. The molecule has 0 aliphatic heterocycles. The van der Waals surface area contributed by atoms with Crippen molar-refractivity contribution < 1.29 is 19.1 Å². The van der Waals surface area contributed by atoms with Crippen molar-refractivity contribution in [2.75, 3.05) is 14.1 Å². The second-order valence-electron chi connectivity index (χ2n) is 9.06. The van der Waals surface area contributed by atoms with Crippen molar-refractivity contribution in [3.8, 4) is 0 Å². The van der Waals surface area contributed by atoms with Gasteiger partial charge in [-0.05, 0) is 45.2 Å². The molecule has 0 atom stereocenters. The summed E-state index contributed by atoms with van der Waals surface area (Å²) in [6.07, 6.45) is 1.21. The molecule has 0 spiro atoms. The Labute approximate surface area is 183 Å². The summed E-state index contributed by atoms with van der Waals surface area (Å²) < 4.78 is 13.0. The number of nitrogens with zero attached hydrogens (tertiary/aromatic N) is 3. The van der Waals surface area contributed by atoms with Crippen LogP contribution in [0, 0.1) is 0 Å². The first kappa shape index (κ1) is 22.8. The Bertz CT molecular complexity index is 896. The molecule has 1 fully saturated rings. The largest absolute Gasteiger partial charge is 0.444 e. The third kappa shape index (κ3) is 6.30. The van der Waals surface area contributed by atoms with E-state index in [9.17, 15) is 9.59 Å². The van der Waals surface area contributed by atoms with Gasteiger partial charge in [-0.3, -0.25) is 9.48 Å². The summed E-state index contributed by atoms with van der Waals surface area (Å²) in [5.41, 5.74) is 1.70. The maximum atomic E-state index is 12.7. The van der Waals surface area contributed by atoms with E-state index in [2.05, 4.69) is 10.4 Å². The predicted molar refractivity (Wildman–Crippen MR) is 117 cm³/mol. The van der Waals surface area contributed by atoms with Crippen LogP contribution in [0.4, 0.5) is 4.79 Å². The number of hydrogen-bond donors (Lipinski definition) is 1. The lowest BCUT2D eigenvalue weighted by Crippen LogP contribution is -2.36. The van der Waals surface area contributed by atoms with Crippen LogP contribution in [0.5, 0.6) is 0 Å². The average Bonchev–Trinajstić information content (AvgIpc) is 3.07. The Hall–Kier alpha value is -2.87. The number of nitrogens with one attached hydrogen (secondary N) is 1. The van der Waals surface area contributed by atoms with Crippen molar-refractivity contribution >= 4 is 12.0 Å². The topological polar surface area (TPSA) is 85.7 Å². The monoisotopic (exact) mass is 428 g/mol. The van der Waals surface area contributed by atoms with Gasteiger partial charge in [0.2, 0.25) is 0 Å². The minimum atomic E-state index is -0.573. The van der Waals surface area contributed by atoms with Gasteiger partial charge in [0, 0.05) is 14.1 Å². The summed E-state index contributed by atoms with van der Waals surface area (Å²) in [5, 5.41) is 7.30. The second-order valence-corrected chi connectivity index (χ2v) is 9.06. The van der Waals surface area contributed by atoms with Crippen molar-refractivity contribution in [3.05, 3.63) is 53.3 Å². The van der Waals surface area contributed by atoms with Gasteiger partial charge in [-0.2, -0.15) is 5.10 Å². The van der Waals surface area contributed by atoms with Gasteiger partial charge in [0.05, 0.1) is 31.0 Å². The average molecular weight is 429 g/mol. The van der Waals surface area contributed by atoms with Crippen molar-refractivity contribution in [2.45, 2.75) is 64.5 Å². The van der Waals surface area contributed by atoms with E-state index in [1.807, 2.05) is 51.1 Å². The Morgan fingerprint density at radius 1 is 1.19 bits per heavy atom. The summed E-state index contributed by atoms with van der Waals surface area (Å²) in [5.74, 6) is -0.121. The van der Waals surface area contributed by atoms with Crippen LogP contribution < -0.4 is 5.32 Å². The third-order valence-electron chi connectivity index (χ3n) is 4.97. The number of amides is 2. The van der Waals surface area contributed by atoms with Gasteiger partial charge in [-0.15, -0.1) is 0 Å². The smallest absolute Gasteiger partial charge is 0.407 e. The molecule has 1 aliphatic carbocycles. The number of aromatic nitrogens is 2. The van der Waals surface area contributed by atoms with Crippen LogP contribution in [-0.4, -0.2) is 52.5 Å². The lowest BCUT2D eigenvalue weighted by atomic mass is 9.89. The molecule has 1 aromatic heterocycles. The van der Waals surface area contributed by atoms with E-state index in [0.29, 0.717) is 18.0 Å². The molecule has 1 saturated carbocycles. The quantitative estimate of drug-likeness (QED) is 0.729.